The highest BCUT2D eigenvalue weighted by atomic mass is 16.4. The van der Waals surface area contributed by atoms with Crippen LogP contribution in [0.2, 0.25) is 0 Å². The van der Waals surface area contributed by atoms with Crippen molar-refractivity contribution in [2.75, 3.05) is 26.2 Å². The number of pyridine rings is 1. The van der Waals surface area contributed by atoms with Gasteiger partial charge in [0, 0.05) is 45.5 Å². The van der Waals surface area contributed by atoms with Gasteiger partial charge in [-0.1, -0.05) is 0 Å². The van der Waals surface area contributed by atoms with Crippen LogP contribution in [0.4, 0.5) is 0 Å². The lowest BCUT2D eigenvalue weighted by Gasteiger charge is -2.25. The highest BCUT2D eigenvalue weighted by Gasteiger charge is 2.63. The fraction of sp³-hybridized carbons (Fsp3) is 0.556. The molecule has 2 amide bonds. The van der Waals surface area contributed by atoms with E-state index >= 15 is 0 Å². The van der Waals surface area contributed by atoms with Gasteiger partial charge in [0.05, 0.1) is 11.5 Å². The number of rotatable bonds is 4. The van der Waals surface area contributed by atoms with Gasteiger partial charge >= 0.3 is 5.97 Å². The number of aryl methyl sites for hydroxylation is 1. The molecule has 2 aliphatic heterocycles. The molecule has 1 aromatic heterocycles. The lowest BCUT2D eigenvalue weighted by Crippen LogP contribution is -2.42. The lowest BCUT2D eigenvalue weighted by molar-refractivity contribution is -0.149. The van der Waals surface area contributed by atoms with Crippen LogP contribution in [0.1, 0.15) is 23.2 Å². The number of carbonyl (C=O) groups excluding carboxylic acids is 2. The normalized spacial score (nSPS) is 27.7. The standard InChI is InChI=1S/C18H21N3O5/c1-19-7-12(4-5-14(19)22)15(23)21-8-13-16(24)20(6-11-2-3-11)9-18(13,10-21)17(25)26/h4-5,7,11,13H,2-3,6,8-10H2,1H3,(H,25,26)/t13-,18+/m0/s1. The molecule has 1 saturated carbocycles. The van der Waals surface area contributed by atoms with Crippen LogP contribution in [0.5, 0.6) is 0 Å². The van der Waals surface area contributed by atoms with Crippen molar-refractivity contribution in [2.45, 2.75) is 12.8 Å². The number of nitrogens with zero attached hydrogens (tertiary/aromatic N) is 3. The summed E-state index contributed by atoms with van der Waals surface area (Å²) in [5.41, 5.74) is -1.15. The molecule has 26 heavy (non-hydrogen) atoms. The Labute approximate surface area is 150 Å². The van der Waals surface area contributed by atoms with Crippen LogP contribution in [-0.2, 0) is 16.6 Å². The molecule has 1 aromatic rings. The van der Waals surface area contributed by atoms with Crippen molar-refractivity contribution in [3.63, 3.8) is 0 Å². The smallest absolute Gasteiger partial charge is 0.314 e. The molecule has 1 aliphatic carbocycles. The fourth-order valence-electron chi connectivity index (χ4n) is 4.13. The molecule has 0 spiro atoms. The van der Waals surface area contributed by atoms with Crippen molar-refractivity contribution < 1.29 is 19.5 Å². The summed E-state index contributed by atoms with van der Waals surface area (Å²) in [7, 11) is 1.55. The summed E-state index contributed by atoms with van der Waals surface area (Å²) in [4.78, 5) is 52.2. The third-order valence-electron chi connectivity index (χ3n) is 5.85. The summed E-state index contributed by atoms with van der Waals surface area (Å²) in [6, 6.07) is 2.74. The number of hydrogen-bond donors (Lipinski definition) is 1. The van der Waals surface area contributed by atoms with Gasteiger partial charge in [0.1, 0.15) is 5.41 Å². The molecule has 0 aromatic carbocycles. The van der Waals surface area contributed by atoms with E-state index in [0.717, 1.165) is 12.8 Å². The van der Waals surface area contributed by atoms with Gasteiger partial charge in [0.15, 0.2) is 0 Å². The first-order valence-electron chi connectivity index (χ1n) is 8.80. The summed E-state index contributed by atoms with van der Waals surface area (Å²) in [6.07, 6.45) is 3.62. The Hall–Kier alpha value is -2.64. The second-order valence-electron chi connectivity index (χ2n) is 7.73. The Kier molecular flexibility index (Phi) is 3.68. The van der Waals surface area contributed by atoms with Gasteiger partial charge in [0.25, 0.3) is 5.91 Å². The first-order valence-corrected chi connectivity index (χ1v) is 8.80. The second kappa shape index (κ2) is 5.69. The predicted octanol–water partition coefficient (Wildman–Crippen LogP) is -0.219. The number of likely N-dealkylation sites (tertiary alicyclic amines) is 2. The Morgan fingerprint density at radius 2 is 1.96 bits per heavy atom. The van der Waals surface area contributed by atoms with E-state index in [1.807, 2.05) is 0 Å². The molecule has 138 valence electrons. The van der Waals surface area contributed by atoms with E-state index in [1.165, 1.54) is 27.8 Å². The molecule has 0 unspecified atom stereocenters. The summed E-state index contributed by atoms with van der Waals surface area (Å²) >= 11 is 0. The van der Waals surface area contributed by atoms with E-state index in [0.29, 0.717) is 18.0 Å². The molecule has 4 rings (SSSR count). The number of carboxylic acid groups (broad SMARTS) is 1. The van der Waals surface area contributed by atoms with Crippen molar-refractivity contribution in [1.29, 1.82) is 0 Å². The maximum Gasteiger partial charge on any atom is 0.314 e. The minimum atomic E-state index is -1.23. The second-order valence-corrected chi connectivity index (χ2v) is 7.73. The van der Waals surface area contributed by atoms with Crippen LogP contribution < -0.4 is 5.56 Å². The van der Waals surface area contributed by atoms with Crippen LogP contribution in [-0.4, -0.2) is 63.4 Å². The van der Waals surface area contributed by atoms with Crippen molar-refractivity contribution in [2.24, 2.45) is 24.3 Å². The molecule has 3 heterocycles. The third kappa shape index (κ3) is 2.51. The minimum absolute atomic E-state index is 0.0155. The van der Waals surface area contributed by atoms with Crippen LogP contribution in [0.25, 0.3) is 0 Å². The number of amides is 2. The van der Waals surface area contributed by atoms with Crippen LogP contribution in [0.3, 0.4) is 0 Å². The molecule has 1 N–H and O–H groups in total. The fourth-order valence-corrected chi connectivity index (χ4v) is 4.13. The van der Waals surface area contributed by atoms with Gasteiger partial charge in [-0.15, -0.1) is 0 Å². The number of fused-ring (bicyclic) bond motifs is 1. The van der Waals surface area contributed by atoms with E-state index < -0.39 is 17.3 Å². The zero-order chi connectivity index (χ0) is 18.6. The Balaban J connectivity index is 1.58. The Morgan fingerprint density at radius 1 is 1.23 bits per heavy atom. The average molecular weight is 359 g/mol. The van der Waals surface area contributed by atoms with Gasteiger partial charge in [-0.25, -0.2) is 0 Å². The van der Waals surface area contributed by atoms with Crippen LogP contribution in [0.15, 0.2) is 23.1 Å². The SMILES string of the molecule is Cn1cc(C(=O)N2C[C@H]3C(=O)N(CC4CC4)C[C@@]3(C(=O)O)C2)ccc1=O. The molecule has 3 fully saturated rings. The number of aromatic nitrogens is 1. The van der Waals surface area contributed by atoms with E-state index in [9.17, 15) is 24.3 Å². The van der Waals surface area contributed by atoms with Gasteiger partial charge < -0.3 is 19.5 Å². The topological polar surface area (TPSA) is 99.9 Å². The molecule has 3 aliphatic rings. The van der Waals surface area contributed by atoms with Crippen molar-refractivity contribution in [3.8, 4) is 0 Å². The van der Waals surface area contributed by atoms with Crippen LogP contribution >= 0.6 is 0 Å². The molecule has 2 atom stereocenters. The third-order valence-corrected chi connectivity index (χ3v) is 5.85. The first kappa shape index (κ1) is 16.8. The summed E-state index contributed by atoms with van der Waals surface area (Å²) in [5.74, 6) is -1.74. The molecule has 8 heteroatoms. The summed E-state index contributed by atoms with van der Waals surface area (Å²) in [6.45, 7) is 0.911. The van der Waals surface area contributed by atoms with Gasteiger partial charge in [-0.05, 0) is 24.8 Å². The minimum Gasteiger partial charge on any atom is -0.481 e. The van der Waals surface area contributed by atoms with E-state index in [1.54, 1.807) is 11.9 Å². The molecule has 2 saturated heterocycles. The molecular weight excluding hydrogens is 338 g/mol. The molecule has 0 bridgehead atoms. The predicted molar refractivity (Wildman–Crippen MR) is 90.4 cm³/mol. The zero-order valence-corrected chi connectivity index (χ0v) is 14.6. The quantitative estimate of drug-likeness (QED) is 0.801. The van der Waals surface area contributed by atoms with Gasteiger partial charge in [0.2, 0.25) is 11.5 Å². The van der Waals surface area contributed by atoms with E-state index in [2.05, 4.69) is 0 Å². The maximum absolute atomic E-state index is 12.8. The summed E-state index contributed by atoms with van der Waals surface area (Å²) in [5, 5.41) is 9.85. The monoisotopic (exact) mass is 359 g/mol. The molecule has 0 radical (unpaired) electrons. The molecule has 8 nitrogen and oxygen atoms in total. The van der Waals surface area contributed by atoms with Crippen LogP contribution in [0, 0.1) is 17.3 Å². The molecular formula is C18H21N3O5. The average Bonchev–Trinajstić information content (AvgIpc) is 3.26. The Bertz CT molecular complexity index is 859. The number of aliphatic carboxylic acids is 1. The zero-order valence-electron chi connectivity index (χ0n) is 14.6. The van der Waals surface area contributed by atoms with Gasteiger partial charge in [-0.2, -0.15) is 0 Å². The summed E-state index contributed by atoms with van der Waals surface area (Å²) < 4.78 is 1.31. The number of carbonyl (C=O) groups is 3. The van der Waals surface area contributed by atoms with Crippen molar-refractivity contribution in [1.82, 2.24) is 14.4 Å². The van der Waals surface area contributed by atoms with E-state index in [-0.39, 0.29) is 37.0 Å². The number of hydrogen-bond acceptors (Lipinski definition) is 4. The highest BCUT2D eigenvalue weighted by Crippen LogP contribution is 2.45. The largest absolute Gasteiger partial charge is 0.481 e. The maximum atomic E-state index is 12.8. The lowest BCUT2D eigenvalue weighted by atomic mass is 9.81. The van der Waals surface area contributed by atoms with E-state index in [4.69, 9.17) is 0 Å². The van der Waals surface area contributed by atoms with Crippen molar-refractivity contribution >= 4 is 17.8 Å². The highest BCUT2D eigenvalue weighted by molar-refractivity contribution is 5.98. The first-order chi connectivity index (χ1) is 12.3. The van der Waals surface area contributed by atoms with Gasteiger partial charge in [-0.3, -0.25) is 19.2 Å². The number of carboxylic acids is 1. The van der Waals surface area contributed by atoms with Crippen molar-refractivity contribution in [3.05, 3.63) is 34.2 Å². The Morgan fingerprint density at radius 3 is 2.54 bits per heavy atom.